The topological polar surface area (TPSA) is 72.5 Å². The molecule has 1 fully saturated rings. The fraction of sp³-hybridized carbons (Fsp3) is 0.500. The summed E-state index contributed by atoms with van der Waals surface area (Å²) in [4.78, 5) is 11.8. The lowest BCUT2D eigenvalue weighted by Gasteiger charge is -2.13. The molecule has 4 heteroatoms. The van der Waals surface area contributed by atoms with E-state index in [0.29, 0.717) is 5.56 Å². The summed E-state index contributed by atoms with van der Waals surface area (Å²) in [6.07, 6.45) is 1.61. The Morgan fingerprint density at radius 2 is 2.11 bits per heavy atom. The summed E-state index contributed by atoms with van der Waals surface area (Å²) in [7, 11) is 0. The van der Waals surface area contributed by atoms with Gasteiger partial charge in [-0.2, -0.15) is 0 Å². The summed E-state index contributed by atoms with van der Waals surface area (Å²) in [5.41, 5.74) is 6.37. The van der Waals surface area contributed by atoms with Crippen LogP contribution in [-0.4, -0.2) is 29.6 Å². The van der Waals surface area contributed by atoms with Crippen LogP contribution in [0.4, 0.5) is 0 Å². The number of rotatable bonds is 5. The fourth-order valence-corrected chi connectivity index (χ4v) is 2.22. The van der Waals surface area contributed by atoms with Crippen LogP contribution in [0.2, 0.25) is 0 Å². The van der Waals surface area contributed by atoms with Gasteiger partial charge in [-0.15, -0.1) is 0 Å². The van der Waals surface area contributed by atoms with Crippen molar-refractivity contribution in [3.8, 4) is 0 Å². The maximum atomic E-state index is 11.8. The third kappa shape index (κ3) is 3.38. The van der Waals surface area contributed by atoms with E-state index in [-0.39, 0.29) is 24.5 Å². The van der Waals surface area contributed by atoms with Crippen molar-refractivity contribution in [2.45, 2.75) is 37.5 Å². The number of nitrogens with two attached hydrogens (primary N) is 1. The Balaban J connectivity index is 1.81. The van der Waals surface area contributed by atoms with E-state index in [4.69, 9.17) is 10.5 Å². The number of carbonyl (C=O) groups excluding carboxylic acids is 1. The van der Waals surface area contributed by atoms with Crippen molar-refractivity contribution >= 4 is 5.78 Å². The van der Waals surface area contributed by atoms with Gasteiger partial charge >= 0.3 is 0 Å². The van der Waals surface area contributed by atoms with Crippen LogP contribution in [0.1, 0.15) is 30.9 Å². The normalized spacial score (nSPS) is 25.0. The number of carbonyl (C=O) groups is 1. The van der Waals surface area contributed by atoms with Gasteiger partial charge < -0.3 is 15.6 Å². The second kappa shape index (κ2) is 6.09. The first-order chi connectivity index (χ1) is 8.66. The van der Waals surface area contributed by atoms with Crippen LogP contribution in [0.15, 0.2) is 30.3 Å². The zero-order valence-electron chi connectivity index (χ0n) is 10.3. The molecule has 1 aromatic rings. The Morgan fingerprint density at radius 3 is 2.72 bits per heavy atom. The molecule has 1 aliphatic carbocycles. The average molecular weight is 249 g/mol. The quantitative estimate of drug-likeness (QED) is 0.822. The molecule has 0 bridgehead atoms. The highest BCUT2D eigenvalue weighted by molar-refractivity contribution is 5.85. The van der Waals surface area contributed by atoms with Crippen LogP contribution in [-0.2, 0) is 9.53 Å². The van der Waals surface area contributed by atoms with Gasteiger partial charge in [0.2, 0.25) is 0 Å². The predicted molar refractivity (Wildman–Crippen MR) is 68.0 cm³/mol. The number of benzene rings is 1. The Morgan fingerprint density at radius 1 is 1.39 bits per heavy atom. The van der Waals surface area contributed by atoms with E-state index in [9.17, 15) is 9.90 Å². The van der Waals surface area contributed by atoms with Gasteiger partial charge in [-0.1, -0.05) is 30.3 Å². The first-order valence-corrected chi connectivity index (χ1v) is 6.29. The molecule has 3 atom stereocenters. The minimum Gasteiger partial charge on any atom is -0.380 e. The lowest BCUT2D eigenvalue weighted by atomic mass is 10.1. The Labute approximate surface area is 107 Å². The van der Waals surface area contributed by atoms with Crippen LogP contribution >= 0.6 is 0 Å². The van der Waals surface area contributed by atoms with Crippen molar-refractivity contribution in [1.29, 1.82) is 0 Å². The zero-order chi connectivity index (χ0) is 13.0. The third-order valence-electron chi connectivity index (χ3n) is 3.31. The number of Topliss-reactive ketones (excluding diaryl/α,β-unsaturated/α-hetero) is 1. The van der Waals surface area contributed by atoms with Crippen molar-refractivity contribution in [1.82, 2.24) is 0 Å². The largest absolute Gasteiger partial charge is 0.380 e. The van der Waals surface area contributed by atoms with Gasteiger partial charge in [0.05, 0.1) is 6.10 Å². The Hall–Kier alpha value is -1.23. The molecule has 18 heavy (non-hydrogen) atoms. The van der Waals surface area contributed by atoms with Gasteiger partial charge in [0.25, 0.3) is 0 Å². The monoisotopic (exact) mass is 249 g/mol. The molecule has 1 saturated carbocycles. The van der Waals surface area contributed by atoms with E-state index in [1.54, 1.807) is 24.3 Å². The van der Waals surface area contributed by atoms with Crippen molar-refractivity contribution < 1.29 is 14.6 Å². The molecule has 98 valence electrons. The summed E-state index contributed by atoms with van der Waals surface area (Å²) in [6.45, 7) is -0.0482. The molecule has 0 radical (unpaired) electrons. The third-order valence-corrected chi connectivity index (χ3v) is 3.31. The van der Waals surface area contributed by atoms with E-state index < -0.39 is 6.10 Å². The highest BCUT2D eigenvalue weighted by Gasteiger charge is 2.24. The van der Waals surface area contributed by atoms with Crippen molar-refractivity contribution in [2.24, 2.45) is 5.73 Å². The minimum atomic E-state index is -1.10. The molecule has 3 N–H and O–H groups in total. The Bertz CT molecular complexity index is 393. The van der Waals surface area contributed by atoms with E-state index in [2.05, 4.69) is 0 Å². The van der Waals surface area contributed by atoms with E-state index in [1.165, 1.54) is 0 Å². The summed E-state index contributed by atoms with van der Waals surface area (Å²) >= 11 is 0. The molecular formula is C14H19NO3. The van der Waals surface area contributed by atoms with Gasteiger partial charge in [-0.3, -0.25) is 4.79 Å². The average Bonchev–Trinajstić information content (AvgIpc) is 2.82. The van der Waals surface area contributed by atoms with Crippen LogP contribution in [0, 0.1) is 0 Å². The maximum Gasteiger partial charge on any atom is 0.191 e. The first kappa shape index (κ1) is 13.2. The number of hydrogen-bond acceptors (Lipinski definition) is 4. The molecule has 4 nitrogen and oxygen atoms in total. The lowest BCUT2D eigenvalue weighted by Crippen LogP contribution is -2.23. The van der Waals surface area contributed by atoms with Crippen molar-refractivity contribution in [3.63, 3.8) is 0 Å². The molecule has 0 saturated heterocycles. The molecule has 2 rings (SSSR count). The molecule has 0 spiro atoms. The smallest absolute Gasteiger partial charge is 0.191 e. The molecule has 0 heterocycles. The van der Waals surface area contributed by atoms with Gasteiger partial charge in [-0.25, -0.2) is 0 Å². The van der Waals surface area contributed by atoms with E-state index in [0.717, 1.165) is 19.3 Å². The number of ether oxygens (including phenoxy) is 1. The molecule has 1 aliphatic rings. The zero-order valence-corrected chi connectivity index (χ0v) is 10.3. The first-order valence-electron chi connectivity index (χ1n) is 6.29. The highest BCUT2D eigenvalue weighted by atomic mass is 16.5. The lowest BCUT2D eigenvalue weighted by molar-refractivity contribution is -0.134. The Kier molecular flexibility index (Phi) is 4.47. The molecule has 0 amide bonds. The number of ketones is 1. The second-order valence-corrected chi connectivity index (χ2v) is 4.79. The van der Waals surface area contributed by atoms with Crippen LogP contribution in [0.5, 0.6) is 0 Å². The van der Waals surface area contributed by atoms with Gasteiger partial charge in [-0.05, 0) is 24.8 Å². The molecule has 2 unspecified atom stereocenters. The SMILES string of the molecule is NC1CC[C@@H](OCC(=O)C(O)c2ccccc2)C1. The van der Waals surface area contributed by atoms with Gasteiger partial charge in [0.1, 0.15) is 12.7 Å². The summed E-state index contributed by atoms with van der Waals surface area (Å²) in [5.74, 6) is -0.304. The van der Waals surface area contributed by atoms with Crippen LogP contribution < -0.4 is 5.73 Å². The second-order valence-electron chi connectivity index (χ2n) is 4.79. The van der Waals surface area contributed by atoms with Crippen molar-refractivity contribution in [2.75, 3.05) is 6.61 Å². The molecule has 0 aliphatic heterocycles. The van der Waals surface area contributed by atoms with Crippen molar-refractivity contribution in [3.05, 3.63) is 35.9 Å². The predicted octanol–water partition coefficient (Wildman–Crippen LogP) is 1.19. The standard InChI is InChI=1S/C14H19NO3/c15-11-6-7-12(8-11)18-9-13(16)14(17)10-4-2-1-3-5-10/h1-5,11-12,14,17H,6-9,15H2/t11?,12-,14?/m1/s1. The molecule has 0 aromatic heterocycles. The molecular weight excluding hydrogens is 230 g/mol. The van der Waals surface area contributed by atoms with Crippen LogP contribution in [0.25, 0.3) is 0 Å². The highest BCUT2D eigenvalue weighted by Crippen LogP contribution is 2.21. The van der Waals surface area contributed by atoms with E-state index in [1.807, 2.05) is 6.07 Å². The van der Waals surface area contributed by atoms with E-state index >= 15 is 0 Å². The summed E-state index contributed by atoms with van der Waals surface area (Å²) < 4.78 is 5.49. The maximum absolute atomic E-state index is 11.8. The van der Waals surface area contributed by atoms with Crippen LogP contribution in [0.3, 0.4) is 0 Å². The fourth-order valence-electron chi connectivity index (χ4n) is 2.22. The van der Waals surface area contributed by atoms with Gasteiger partial charge in [0, 0.05) is 6.04 Å². The number of aliphatic hydroxyl groups is 1. The number of hydrogen-bond donors (Lipinski definition) is 2. The van der Waals surface area contributed by atoms with Gasteiger partial charge in [0.15, 0.2) is 5.78 Å². The summed E-state index contributed by atoms with van der Waals surface area (Å²) in [5, 5.41) is 9.86. The molecule has 1 aromatic carbocycles. The summed E-state index contributed by atoms with van der Waals surface area (Å²) in [6, 6.07) is 9.08. The minimum absolute atomic E-state index is 0.0482. The number of aliphatic hydroxyl groups excluding tert-OH is 1.